The molecule has 8 nitrogen and oxygen atoms in total. The second-order valence-electron chi connectivity index (χ2n) is 6.92. The van der Waals surface area contributed by atoms with Gasteiger partial charge >= 0.3 is 5.97 Å². The van der Waals surface area contributed by atoms with Gasteiger partial charge in [0.15, 0.2) is 11.4 Å². The first-order chi connectivity index (χ1) is 14.1. The van der Waals surface area contributed by atoms with Crippen molar-refractivity contribution < 1.29 is 39.8 Å². The number of hydrogen-bond acceptors (Lipinski definition) is 8. The van der Waals surface area contributed by atoms with Gasteiger partial charge in [-0.2, -0.15) is 0 Å². The van der Waals surface area contributed by atoms with Crippen molar-refractivity contribution in [2.75, 3.05) is 13.7 Å². The molecule has 1 aliphatic rings. The van der Waals surface area contributed by atoms with Crippen LogP contribution in [-0.2, 0) is 4.74 Å². The minimum Gasteiger partial charge on any atom is -0.465 e. The number of carbonyl (C=O) groups excluding carboxylic acids is 1. The Morgan fingerprint density at radius 2 is 1.70 bits per heavy atom. The van der Waals surface area contributed by atoms with Crippen LogP contribution in [0.1, 0.15) is 10.4 Å². The quantitative estimate of drug-likeness (QED) is 0.321. The first-order valence-electron chi connectivity index (χ1n) is 8.87. The molecular weight excluding hydrogens is 439 g/mol. The summed E-state index contributed by atoms with van der Waals surface area (Å²) in [4.78, 5) is 11.5. The van der Waals surface area contributed by atoms with Gasteiger partial charge < -0.3 is 35.0 Å². The summed E-state index contributed by atoms with van der Waals surface area (Å²) in [6.45, 7) is -0.683. The van der Waals surface area contributed by atoms with Crippen LogP contribution in [0.3, 0.4) is 0 Å². The average Bonchev–Trinajstić information content (AvgIpc) is 2.75. The lowest BCUT2D eigenvalue weighted by molar-refractivity contribution is -0.332. The molecule has 1 fully saturated rings. The standard InChI is InChI=1S/C20H20Cl2O8/c1-29-18(26)10-4-2-9(3-5-10)11-6-13(21)16(14(22)7-11)30-19(27)20(28)12(8-23)15(24)17(20)25/h2-7,12,15,17,19,23-25,27-28H,8H2,1H3/t12?,15-,17?,19-,20?/m1/s1. The molecule has 3 unspecified atom stereocenters. The summed E-state index contributed by atoms with van der Waals surface area (Å²) in [5.41, 5.74) is -0.651. The van der Waals surface area contributed by atoms with Crippen LogP contribution < -0.4 is 4.74 Å². The predicted molar refractivity (Wildman–Crippen MR) is 107 cm³/mol. The number of aliphatic hydroxyl groups is 5. The Kier molecular flexibility index (Phi) is 6.59. The van der Waals surface area contributed by atoms with Gasteiger partial charge in [0, 0.05) is 5.92 Å². The Bertz CT molecular complexity index is 912. The number of esters is 1. The molecule has 0 bridgehead atoms. The molecule has 1 aliphatic carbocycles. The first-order valence-corrected chi connectivity index (χ1v) is 9.62. The Hall–Kier alpha value is -1.91. The lowest BCUT2D eigenvalue weighted by Crippen LogP contribution is -2.76. The molecule has 5 N–H and O–H groups in total. The van der Waals surface area contributed by atoms with E-state index < -0.39 is 42.6 Å². The summed E-state index contributed by atoms with van der Waals surface area (Å²) < 4.78 is 9.94. The molecule has 1 saturated carbocycles. The van der Waals surface area contributed by atoms with E-state index in [-0.39, 0.29) is 15.8 Å². The van der Waals surface area contributed by atoms with E-state index in [2.05, 4.69) is 4.74 Å². The summed E-state index contributed by atoms with van der Waals surface area (Å²) in [6, 6.07) is 9.50. The number of aliphatic hydroxyl groups excluding tert-OH is 4. The largest absolute Gasteiger partial charge is 0.465 e. The molecule has 0 saturated heterocycles. The zero-order valence-electron chi connectivity index (χ0n) is 15.7. The van der Waals surface area contributed by atoms with Crippen molar-refractivity contribution in [3.05, 3.63) is 52.0 Å². The zero-order valence-corrected chi connectivity index (χ0v) is 17.2. The van der Waals surface area contributed by atoms with Gasteiger partial charge in [0.25, 0.3) is 0 Å². The molecule has 0 aliphatic heterocycles. The van der Waals surface area contributed by atoms with Crippen molar-refractivity contribution in [2.45, 2.75) is 24.1 Å². The van der Waals surface area contributed by atoms with Gasteiger partial charge in [-0.05, 0) is 35.4 Å². The molecule has 0 amide bonds. The van der Waals surface area contributed by atoms with E-state index in [4.69, 9.17) is 27.9 Å². The third-order valence-corrected chi connectivity index (χ3v) is 5.82. The molecule has 162 valence electrons. The summed E-state index contributed by atoms with van der Waals surface area (Å²) in [6.07, 6.45) is -5.16. The van der Waals surface area contributed by atoms with Crippen molar-refractivity contribution in [1.82, 2.24) is 0 Å². The lowest BCUT2D eigenvalue weighted by Gasteiger charge is -2.53. The minimum absolute atomic E-state index is 0.00658. The molecule has 30 heavy (non-hydrogen) atoms. The molecule has 0 aromatic heterocycles. The van der Waals surface area contributed by atoms with Gasteiger partial charge in [-0.1, -0.05) is 35.3 Å². The highest BCUT2D eigenvalue weighted by molar-refractivity contribution is 6.37. The van der Waals surface area contributed by atoms with Crippen molar-refractivity contribution in [3.63, 3.8) is 0 Å². The van der Waals surface area contributed by atoms with Crippen molar-refractivity contribution in [1.29, 1.82) is 0 Å². The molecule has 5 atom stereocenters. The van der Waals surface area contributed by atoms with Crippen molar-refractivity contribution in [2.24, 2.45) is 5.92 Å². The maximum absolute atomic E-state index is 11.5. The van der Waals surface area contributed by atoms with Crippen LogP contribution in [-0.4, -0.2) is 69.3 Å². The number of carbonyl (C=O) groups is 1. The third kappa shape index (κ3) is 3.76. The van der Waals surface area contributed by atoms with E-state index in [9.17, 15) is 30.3 Å². The van der Waals surface area contributed by atoms with E-state index >= 15 is 0 Å². The van der Waals surface area contributed by atoms with E-state index in [1.807, 2.05) is 0 Å². The fourth-order valence-electron chi connectivity index (χ4n) is 3.41. The van der Waals surface area contributed by atoms with Gasteiger partial charge in [-0.25, -0.2) is 4.79 Å². The maximum Gasteiger partial charge on any atom is 0.337 e. The van der Waals surface area contributed by atoms with Gasteiger partial charge in [0.1, 0.15) is 6.10 Å². The van der Waals surface area contributed by atoms with Gasteiger partial charge in [0.05, 0.1) is 35.4 Å². The molecular formula is C20H20Cl2O8. The Morgan fingerprint density at radius 1 is 1.13 bits per heavy atom. The van der Waals surface area contributed by atoms with E-state index in [1.165, 1.54) is 19.2 Å². The smallest absolute Gasteiger partial charge is 0.337 e. The van der Waals surface area contributed by atoms with E-state index in [1.54, 1.807) is 24.3 Å². The van der Waals surface area contributed by atoms with Crippen molar-refractivity contribution in [3.8, 4) is 16.9 Å². The Labute approximate surface area is 181 Å². The molecule has 3 rings (SSSR count). The first kappa shape index (κ1) is 22.8. The summed E-state index contributed by atoms with van der Waals surface area (Å²) in [7, 11) is 1.28. The monoisotopic (exact) mass is 458 g/mol. The summed E-state index contributed by atoms with van der Waals surface area (Å²) >= 11 is 12.5. The topological polar surface area (TPSA) is 137 Å². The predicted octanol–water partition coefficient (Wildman–Crippen LogP) is 1.22. The van der Waals surface area contributed by atoms with E-state index in [0.717, 1.165) is 0 Å². The average molecular weight is 459 g/mol. The fourth-order valence-corrected chi connectivity index (χ4v) is 3.99. The van der Waals surface area contributed by atoms with Crippen LogP contribution >= 0.6 is 23.2 Å². The highest BCUT2D eigenvalue weighted by atomic mass is 35.5. The second-order valence-corrected chi connectivity index (χ2v) is 7.73. The van der Waals surface area contributed by atoms with Crippen molar-refractivity contribution >= 4 is 29.2 Å². The number of benzene rings is 2. The summed E-state index contributed by atoms with van der Waals surface area (Å²) in [5.74, 6) is -1.84. The van der Waals surface area contributed by atoms with Crippen LogP contribution in [0.2, 0.25) is 10.0 Å². The Balaban J connectivity index is 1.84. The van der Waals surface area contributed by atoms with Crippen LogP contribution in [0.5, 0.6) is 5.75 Å². The number of halogens is 2. The number of rotatable bonds is 6. The molecule has 2 aromatic carbocycles. The third-order valence-electron chi connectivity index (χ3n) is 5.26. The second kappa shape index (κ2) is 8.68. The van der Waals surface area contributed by atoms with Crippen LogP contribution in [0.4, 0.5) is 0 Å². The maximum atomic E-state index is 11.5. The molecule has 0 spiro atoms. The molecule has 0 heterocycles. The van der Waals surface area contributed by atoms with Gasteiger partial charge in [0.2, 0.25) is 6.29 Å². The lowest BCUT2D eigenvalue weighted by atomic mass is 9.64. The molecule has 0 radical (unpaired) electrons. The minimum atomic E-state index is -2.30. The number of ether oxygens (including phenoxy) is 2. The normalized spacial score (nSPS) is 26.6. The highest BCUT2D eigenvalue weighted by Gasteiger charge is 2.65. The fraction of sp³-hybridized carbons (Fsp3) is 0.350. The van der Waals surface area contributed by atoms with Crippen LogP contribution in [0, 0.1) is 5.92 Å². The van der Waals surface area contributed by atoms with Crippen LogP contribution in [0.15, 0.2) is 36.4 Å². The zero-order chi connectivity index (χ0) is 22.2. The van der Waals surface area contributed by atoms with Gasteiger partial charge in [-0.3, -0.25) is 0 Å². The molecule has 10 heteroatoms. The Morgan fingerprint density at radius 3 is 2.20 bits per heavy atom. The SMILES string of the molecule is COC(=O)c1ccc(-c2cc(Cl)c(O[C@@H](O)C3(O)C(O)[C@H](O)C3CO)c(Cl)c2)cc1. The number of hydrogen-bond donors (Lipinski definition) is 5. The van der Waals surface area contributed by atoms with E-state index in [0.29, 0.717) is 16.7 Å². The van der Waals surface area contributed by atoms with Gasteiger partial charge in [-0.15, -0.1) is 0 Å². The highest BCUT2D eigenvalue weighted by Crippen LogP contribution is 2.44. The summed E-state index contributed by atoms with van der Waals surface area (Å²) in [5, 5.41) is 49.6. The molecule has 2 aromatic rings. The number of methoxy groups -OCH3 is 1. The van der Waals surface area contributed by atoms with Crippen LogP contribution in [0.25, 0.3) is 11.1 Å².